The SMILES string of the molecule is Cc1cnc2c(c1)nc(C(Cl)(Cl)Cl)n2CCN. The van der Waals surface area contributed by atoms with Crippen LogP contribution in [-0.2, 0) is 10.3 Å². The summed E-state index contributed by atoms with van der Waals surface area (Å²) in [6.45, 7) is 2.87. The largest absolute Gasteiger partial charge is 0.329 e. The van der Waals surface area contributed by atoms with E-state index < -0.39 is 3.79 Å². The number of nitrogens with two attached hydrogens (primary N) is 1. The van der Waals surface area contributed by atoms with Crippen molar-refractivity contribution >= 4 is 46.0 Å². The van der Waals surface area contributed by atoms with Gasteiger partial charge in [-0.3, -0.25) is 0 Å². The number of aromatic nitrogens is 3. The van der Waals surface area contributed by atoms with E-state index in [-0.39, 0.29) is 0 Å². The molecule has 0 amide bonds. The van der Waals surface area contributed by atoms with Gasteiger partial charge in [-0.25, -0.2) is 9.97 Å². The first-order chi connectivity index (χ1) is 7.93. The molecular weight excluding hydrogens is 282 g/mol. The van der Waals surface area contributed by atoms with E-state index in [0.717, 1.165) is 5.56 Å². The zero-order valence-corrected chi connectivity index (χ0v) is 11.4. The van der Waals surface area contributed by atoms with Crippen LogP contribution in [0.1, 0.15) is 11.4 Å². The minimum atomic E-state index is -1.58. The molecular formula is C10H11Cl3N4. The summed E-state index contributed by atoms with van der Waals surface area (Å²) in [5.41, 5.74) is 7.94. The molecule has 2 heterocycles. The van der Waals surface area contributed by atoms with Gasteiger partial charge in [0.05, 0.1) is 0 Å². The van der Waals surface area contributed by atoms with Crippen molar-refractivity contribution in [2.24, 2.45) is 5.73 Å². The Morgan fingerprint density at radius 2 is 2.12 bits per heavy atom. The van der Waals surface area contributed by atoms with E-state index in [0.29, 0.717) is 30.1 Å². The second-order valence-corrected chi connectivity index (χ2v) is 6.01. The lowest BCUT2D eigenvalue weighted by Gasteiger charge is -2.12. The number of hydrogen-bond donors (Lipinski definition) is 1. The second-order valence-electron chi connectivity index (χ2n) is 3.73. The van der Waals surface area contributed by atoms with Crippen LogP contribution in [0.2, 0.25) is 0 Å². The Morgan fingerprint density at radius 1 is 1.41 bits per heavy atom. The molecule has 7 heteroatoms. The molecule has 2 rings (SSSR count). The van der Waals surface area contributed by atoms with Crippen LogP contribution in [0.15, 0.2) is 12.3 Å². The van der Waals surface area contributed by atoms with Crippen molar-refractivity contribution in [2.45, 2.75) is 17.3 Å². The molecule has 2 N–H and O–H groups in total. The quantitative estimate of drug-likeness (QED) is 0.866. The molecule has 2 aromatic rings. The van der Waals surface area contributed by atoms with E-state index in [1.54, 1.807) is 10.8 Å². The predicted octanol–water partition coefficient (Wildman–Crippen LogP) is 2.53. The molecule has 0 saturated carbocycles. The van der Waals surface area contributed by atoms with Crippen molar-refractivity contribution in [3.8, 4) is 0 Å². The average Bonchev–Trinajstić information content (AvgIpc) is 2.56. The molecule has 0 atom stereocenters. The van der Waals surface area contributed by atoms with Gasteiger partial charge in [-0.1, -0.05) is 34.8 Å². The summed E-state index contributed by atoms with van der Waals surface area (Å²) >= 11 is 17.7. The summed E-state index contributed by atoms with van der Waals surface area (Å²) in [6, 6.07) is 1.90. The normalized spacial score (nSPS) is 12.3. The van der Waals surface area contributed by atoms with Crippen LogP contribution < -0.4 is 5.73 Å². The molecule has 0 fully saturated rings. The highest BCUT2D eigenvalue weighted by Gasteiger charge is 2.30. The Bertz CT molecular complexity index is 544. The average molecular weight is 294 g/mol. The Kier molecular flexibility index (Phi) is 3.50. The fraction of sp³-hybridized carbons (Fsp3) is 0.400. The molecule has 2 aromatic heterocycles. The molecule has 0 aliphatic carbocycles. The maximum atomic E-state index is 5.89. The van der Waals surface area contributed by atoms with Crippen LogP contribution in [-0.4, -0.2) is 21.1 Å². The van der Waals surface area contributed by atoms with Crippen molar-refractivity contribution in [3.63, 3.8) is 0 Å². The molecule has 4 nitrogen and oxygen atoms in total. The van der Waals surface area contributed by atoms with Crippen molar-refractivity contribution in [2.75, 3.05) is 6.54 Å². The summed E-state index contributed by atoms with van der Waals surface area (Å²) in [5, 5.41) is 0. The number of imidazole rings is 1. The first-order valence-electron chi connectivity index (χ1n) is 5.03. The minimum absolute atomic E-state index is 0.348. The summed E-state index contributed by atoms with van der Waals surface area (Å²) in [6.07, 6.45) is 1.75. The number of pyridine rings is 1. The van der Waals surface area contributed by atoms with E-state index >= 15 is 0 Å². The first kappa shape index (κ1) is 12.9. The van der Waals surface area contributed by atoms with Gasteiger partial charge in [0.2, 0.25) is 3.79 Å². The van der Waals surface area contributed by atoms with Crippen LogP contribution in [0.25, 0.3) is 11.2 Å². The monoisotopic (exact) mass is 292 g/mol. The number of fused-ring (bicyclic) bond motifs is 1. The number of nitrogens with zero attached hydrogens (tertiary/aromatic N) is 3. The van der Waals surface area contributed by atoms with Crippen molar-refractivity contribution in [1.29, 1.82) is 0 Å². The standard InChI is InChI=1S/C10H11Cl3N4/c1-6-4-7-8(15-5-6)17(3-2-14)9(16-7)10(11,12)13/h4-5H,2-3,14H2,1H3. The fourth-order valence-corrected chi connectivity index (χ4v) is 2.10. The summed E-state index contributed by atoms with van der Waals surface area (Å²) in [4.78, 5) is 8.61. The van der Waals surface area contributed by atoms with Gasteiger partial charge in [-0.15, -0.1) is 0 Å². The number of hydrogen-bond acceptors (Lipinski definition) is 3. The Hall–Kier alpha value is -0.550. The highest BCUT2D eigenvalue weighted by atomic mass is 35.6. The van der Waals surface area contributed by atoms with Gasteiger partial charge in [0.1, 0.15) is 5.52 Å². The first-order valence-corrected chi connectivity index (χ1v) is 6.17. The topological polar surface area (TPSA) is 56.7 Å². The van der Waals surface area contributed by atoms with Gasteiger partial charge in [-0.2, -0.15) is 0 Å². The molecule has 92 valence electrons. The maximum Gasteiger partial charge on any atom is 0.248 e. The van der Waals surface area contributed by atoms with Crippen molar-refractivity contribution in [3.05, 3.63) is 23.7 Å². The number of halogens is 3. The molecule has 0 bridgehead atoms. The summed E-state index contributed by atoms with van der Waals surface area (Å²) < 4.78 is 0.158. The van der Waals surface area contributed by atoms with E-state index in [1.165, 1.54) is 0 Å². The zero-order chi connectivity index (χ0) is 12.6. The zero-order valence-electron chi connectivity index (χ0n) is 9.12. The van der Waals surface area contributed by atoms with Gasteiger partial charge in [0.15, 0.2) is 11.5 Å². The van der Waals surface area contributed by atoms with Gasteiger partial charge in [0.25, 0.3) is 0 Å². The summed E-state index contributed by atoms with van der Waals surface area (Å²) in [5.74, 6) is 0.348. The predicted molar refractivity (Wildman–Crippen MR) is 70.6 cm³/mol. The lowest BCUT2D eigenvalue weighted by atomic mass is 10.3. The Balaban J connectivity index is 2.70. The third-order valence-corrected chi connectivity index (χ3v) is 2.83. The van der Waals surface area contributed by atoms with Crippen molar-refractivity contribution in [1.82, 2.24) is 14.5 Å². The molecule has 0 aromatic carbocycles. The number of aryl methyl sites for hydroxylation is 1. The highest BCUT2D eigenvalue weighted by molar-refractivity contribution is 6.66. The fourth-order valence-electron chi connectivity index (χ4n) is 1.67. The van der Waals surface area contributed by atoms with Crippen molar-refractivity contribution < 1.29 is 0 Å². The second kappa shape index (κ2) is 4.61. The third kappa shape index (κ3) is 2.50. The van der Waals surface area contributed by atoms with Gasteiger partial charge >= 0.3 is 0 Å². The molecule has 0 aliphatic heterocycles. The van der Waals surface area contributed by atoms with E-state index in [2.05, 4.69) is 9.97 Å². The highest BCUT2D eigenvalue weighted by Crippen LogP contribution is 2.38. The van der Waals surface area contributed by atoms with Crippen LogP contribution >= 0.6 is 34.8 Å². The molecule has 0 saturated heterocycles. The lowest BCUT2D eigenvalue weighted by molar-refractivity contribution is 0.682. The van der Waals surface area contributed by atoms with Crippen LogP contribution in [0.3, 0.4) is 0 Å². The Labute approximate surface area is 114 Å². The maximum absolute atomic E-state index is 5.89. The third-order valence-electron chi connectivity index (χ3n) is 2.33. The van der Waals surface area contributed by atoms with Gasteiger partial charge in [0, 0.05) is 19.3 Å². The van der Waals surface area contributed by atoms with Gasteiger partial charge < -0.3 is 10.3 Å². The number of rotatable bonds is 2. The van der Waals surface area contributed by atoms with E-state index in [9.17, 15) is 0 Å². The van der Waals surface area contributed by atoms with Crippen LogP contribution in [0.5, 0.6) is 0 Å². The molecule has 0 unspecified atom stereocenters. The molecule has 0 spiro atoms. The Morgan fingerprint density at radius 3 is 2.71 bits per heavy atom. The summed E-state index contributed by atoms with van der Waals surface area (Å²) in [7, 11) is 0. The van der Waals surface area contributed by atoms with E-state index in [4.69, 9.17) is 40.5 Å². The molecule has 17 heavy (non-hydrogen) atoms. The molecule has 0 aliphatic rings. The number of alkyl halides is 3. The van der Waals surface area contributed by atoms with Crippen LogP contribution in [0, 0.1) is 6.92 Å². The van der Waals surface area contributed by atoms with E-state index in [1.807, 2.05) is 13.0 Å². The lowest BCUT2D eigenvalue weighted by Crippen LogP contribution is -2.17. The smallest absolute Gasteiger partial charge is 0.248 e. The van der Waals surface area contributed by atoms with Crippen LogP contribution in [0.4, 0.5) is 0 Å². The minimum Gasteiger partial charge on any atom is -0.329 e. The molecule has 0 radical (unpaired) electrons. The van der Waals surface area contributed by atoms with Gasteiger partial charge in [-0.05, 0) is 18.6 Å².